The Morgan fingerprint density at radius 3 is 2.66 bits per heavy atom. The van der Waals surface area contributed by atoms with E-state index < -0.39 is 17.6 Å². The summed E-state index contributed by atoms with van der Waals surface area (Å²) in [6, 6.07) is 8.87. The van der Waals surface area contributed by atoms with Gasteiger partial charge in [-0.3, -0.25) is 19.2 Å². The van der Waals surface area contributed by atoms with Crippen molar-refractivity contribution in [1.82, 2.24) is 19.7 Å². The Bertz CT molecular complexity index is 1480. The summed E-state index contributed by atoms with van der Waals surface area (Å²) < 4.78 is 41.8. The number of amides is 2. The van der Waals surface area contributed by atoms with Gasteiger partial charge in [0.2, 0.25) is 0 Å². The van der Waals surface area contributed by atoms with Crippen molar-refractivity contribution in [2.45, 2.75) is 19.3 Å². The largest absolute Gasteiger partial charge is 0.416 e. The summed E-state index contributed by atoms with van der Waals surface area (Å²) in [6.07, 6.45) is 0.231. The number of aromatic nitrogens is 3. The molecule has 3 heterocycles. The van der Waals surface area contributed by atoms with Crippen LogP contribution in [0, 0.1) is 0 Å². The number of nitrogens with zero attached hydrogens (tertiary/aromatic N) is 4. The van der Waals surface area contributed by atoms with Crippen molar-refractivity contribution in [3.8, 4) is 0 Å². The lowest BCUT2D eigenvalue weighted by Gasteiger charge is -2.14. The first-order valence-electron chi connectivity index (χ1n) is 10.1. The fourth-order valence-electron chi connectivity index (χ4n) is 3.69. The van der Waals surface area contributed by atoms with Crippen LogP contribution in [0.15, 0.2) is 59.1 Å². The Hall–Kier alpha value is -3.15. The van der Waals surface area contributed by atoms with Crippen LogP contribution in [0.3, 0.4) is 0 Å². The van der Waals surface area contributed by atoms with Crippen molar-refractivity contribution in [1.29, 1.82) is 0 Å². The molecule has 0 saturated carbocycles. The SMILES string of the molecule is O=C1SC(=Cc2ccc3c(cnn3Cc3ccc(Cl)cc3C(F)(F)F)c2)C(=O)N1Cc1nccs1. The number of hydrogen-bond donors (Lipinski definition) is 0. The smallest absolute Gasteiger partial charge is 0.268 e. The molecule has 2 aromatic heterocycles. The molecule has 5 rings (SSSR count). The number of imide groups is 1. The van der Waals surface area contributed by atoms with Crippen LogP contribution < -0.4 is 0 Å². The highest BCUT2D eigenvalue weighted by Crippen LogP contribution is 2.35. The van der Waals surface area contributed by atoms with E-state index in [-0.39, 0.29) is 33.8 Å². The maximum absolute atomic E-state index is 13.5. The summed E-state index contributed by atoms with van der Waals surface area (Å²) in [4.78, 5) is 30.6. The van der Waals surface area contributed by atoms with Crippen LogP contribution in [0.2, 0.25) is 5.02 Å². The molecule has 35 heavy (non-hydrogen) atoms. The molecule has 2 amide bonds. The molecular formula is C23H14ClF3N4O2S2. The zero-order valence-electron chi connectivity index (χ0n) is 17.6. The molecule has 0 spiro atoms. The van der Waals surface area contributed by atoms with Gasteiger partial charge in [0, 0.05) is 22.0 Å². The summed E-state index contributed by atoms with van der Waals surface area (Å²) in [7, 11) is 0. The summed E-state index contributed by atoms with van der Waals surface area (Å²) in [5, 5.41) is 7.01. The molecule has 1 fully saturated rings. The van der Waals surface area contributed by atoms with Gasteiger partial charge in [-0.25, -0.2) is 4.98 Å². The zero-order valence-corrected chi connectivity index (χ0v) is 20.0. The minimum absolute atomic E-state index is 0.00658. The van der Waals surface area contributed by atoms with Gasteiger partial charge in [0.15, 0.2) is 0 Å². The summed E-state index contributed by atoms with van der Waals surface area (Å²) in [5.41, 5.74) is 0.532. The van der Waals surface area contributed by atoms with E-state index in [4.69, 9.17) is 11.6 Å². The Labute approximate surface area is 210 Å². The lowest BCUT2D eigenvalue weighted by molar-refractivity contribution is -0.138. The number of carbonyl (C=O) groups excluding carboxylic acids is 2. The maximum Gasteiger partial charge on any atom is 0.416 e. The first kappa shape index (κ1) is 23.6. The Kier molecular flexibility index (Phi) is 6.16. The second-order valence-corrected chi connectivity index (χ2v) is 10.0. The Morgan fingerprint density at radius 2 is 1.91 bits per heavy atom. The molecule has 0 aliphatic carbocycles. The molecule has 0 radical (unpaired) electrons. The molecule has 12 heteroatoms. The van der Waals surface area contributed by atoms with E-state index in [0.29, 0.717) is 21.5 Å². The van der Waals surface area contributed by atoms with Gasteiger partial charge in [-0.15, -0.1) is 11.3 Å². The van der Waals surface area contributed by atoms with Gasteiger partial charge in [-0.1, -0.05) is 23.7 Å². The third kappa shape index (κ3) is 4.84. The van der Waals surface area contributed by atoms with Gasteiger partial charge < -0.3 is 0 Å². The third-order valence-electron chi connectivity index (χ3n) is 5.31. The molecule has 2 aromatic carbocycles. The van der Waals surface area contributed by atoms with E-state index in [0.717, 1.165) is 22.7 Å². The van der Waals surface area contributed by atoms with Crippen LogP contribution in [0.1, 0.15) is 21.7 Å². The van der Waals surface area contributed by atoms with Crippen molar-refractivity contribution < 1.29 is 22.8 Å². The molecule has 0 unspecified atom stereocenters. The first-order chi connectivity index (χ1) is 16.7. The average Bonchev–Trinajstić information content (AvgIpc) is 3.52. The quantitative estimate of drug-likeness (QED) is 0.275. The van der Waals surface area contributed by atoms with Gasteiger partial charge in [0.1, 0.15) is 5.01 Å². The second-order valence-electron chi connectivity index (χ2n) is 7.61. The molecule has 4 aromatic rings. The highest BCUT2D eigenvalue weighted by atomic mass is 35.5. The van der Waals surface area contributed by atoms with E-state index in [2.05, 4.69) is 10.1 Å². The number of halogens is 4. The lowest BCUT2D eigenvalue weighted by atomic mass is 10.1. The predicted octanol–water partition coefficient (Wildman–Crippen LogP) is 6.45. The van der Waals surface area contributed by atoms with Gasteiger partial charge in [0.25, 0.3) is 11.1 Å². The second kappa shape index (κ2) is 9.14. The van der Waals surface area contributed by atoms with Gasteiger partial charge >= 0.3 is 6.18 Å². The average molecular weight is 535 g/mol. The van der Waals surface area contributed by atoms with Gasteiger partial charge in [-0.2, -0.15) is 18.3 Å². The molecule has 0 bridgehead atoms. The summed E-state index contributed by atoms with van der Waals surface area (Å²) in [5.74, 6) is -0.395. The van der Waals surface area contributed by atoms with Crippen LogP contribution in [-0.2, 0) is 24.1 Å². The zero-order chi connectivity index (χ0) is 24.7. The predicted molar refractivity (Wildman–Crippen MR) is 129 cm³/mol. The van der Waals surface area contributed by atoms with Crippen LogP contribution in [0.5, 0.6) is 0 Å². The molecule has 1 aliphatic heterocycles. The fourth-order valence-corrected chi connectivity index (χ4v) is 5.30. The van der Waals surface area contributed by atoms with Gasteiger partial charge in [0.05, 0.1) is 35.3 Å². The fraction of sp³-hybridized carbons (Fsp3) is 0.130. The number of thiazole rings is 1. The number of hydrogen-bond acceptors (Lipinski definition) is 6. The summed E-state index contributed by atoms with van der Waals surface area (Å²) in [6.45, 7) is 0.0284. The molecular weight excluding hydrogens is 521 g/mol. The van der Waals surface area contributed by atoms with E-state index in [1.54, 1.807) is 42.0 Å². The first-order valence-corrected chi connectivity index (χ1v) is 12.2. The number of thioether (sulfide) groups is 1. The lowest BCUT2D eigenvalue weighted by Crippen LogP contribution is -2.27. The number of alkyl halides is 3. The third-order valence-corrected chi connectivity index (χ3v) is 7.22. The molecule has 1 aliphatic rings. The van der Waals surface area contributed by atoms with Crippen molar-refractivity contribution in [3.63, 3.8) is 0 Å². The van der Waals surface area contributed by atoms with Crippen LogP contribution in [0.25, 0.3) is 17.0 Å². The summed E-state index contributed by atoms with van der Waals surface area (Å²) >= 11 is 7.99. The molecule has 178 valence electrons. The molecule has 0 atom stereocenters. The highest BCUT2D eigenvalue weighted by molar-refractivity contribution is 8.18. The van der Waals surface area contributed by atoms with Crippen molar-refractivity contribution in [2.24, 2.45) is 0 Å². The molecule has 6 nitrogen and oxygen atoms in total. The number of rotatable bonds is 5. The number of benzene rings is 2. The van der Waals surface area contributed by atoms with E-state index in [9.17, 15) is 22.8 Å². The van der Waals surface area contributed by atoms with Crippen LogP contribution in [-0.4, -0.2) is 30.8 Å². The van der Waals surface area contributed by atoms with Crippen LogP contribution >= 0.6 is 34.7 Å². The van der Waals surface area contributed by atoms with Crippen molar-refractivity contribution in [2.75, 3.05) is 0 Å². The topological polar surface area (TPSA) is 68.1 Å². The standard InChI is InChI=1S/C23H14ClF3N4O2S2/c24-16-3-2-14(17(9-16)23(25,26)27)11-31-18-4-1-13(7-15(18)10-29-31)8-19-21(32)30(22(33)35-19)12-20-28-5-6-34-20/h1-10H,11-12H2. The van der Waals surface area contributed by atoms with E-state index >= 15 is 0 Å². The highest BCUT2D eigenvalue weighted by Gasteiger charge is 2.36. The van der Waals surface area contributed by atoms with Crippen molar-refractivity contribution in [3.05, 3.63) is 85.8 Å². The van der Waals surface area contributed by atoms with E-state index in [1.165, 1.54) is 28.2 Å². The Balaban J connectivity index is 1.40. The van der Waals surface area contributed by atoms with E-state index in [1.807, 2.05) is 0 Å². The molecule has 0 N–H and O–H groups in total. The number of carbonyl (C=O) groups is 2. The maximum atomic E-state index is 13.5. The minimum Gasteiger partial charge on any atom is -0.268 e. The minimum atomic E-state index is -4.54. The monoisotopic (exact) mass is 534 g/mol. The number of fused-ring (bicyclic) bond motifs is 1. The van der Waals surface area contributed by atoms with Crippen LogP contribution in [0.4, 0.5) is 18.0 Å². The van der Waals surface area contributed by atoms with Crippen molar-refractivity contribution >= 4 is 62.8 Å². The normalized spacial score (nSPS) is 15.7. The Morgan fingerprint density at radius 1 is 1.09 bits per heavy atom. The van der Waals surface area contributed by atoms with Gasteiger partial charge in [-0.05, 0) is 53.2 Å². The molecule has 1 saturated heterocycles.